The van der Waals surface area contributed by atoms with Crippen molar-refractivity contribution in [2.75, 3.05) is 13.2 Å². The molecule has 0 aliphatic carbocycles. The maximum atomic E-state index is 13.0. The van der Waals surface area contributed by atoms with E-state index >= 15 is 0 Å². The minimum atomic E-state index is -1.66. The molecule has 0 spiro atoms. The summed E-state index contributed by atoms with van der Waals surface area (Å²) in [5.74, 6) is -6.54. The van der Waals surface area contributed by atoms with Crippen molar-refractivity contribution in [2.24, 2.45) is 10.8 Å². The zero-order chi connectivity index (χ0) is 32.2. The van der Waals surface area contributed by atoms with E-state index in [1.54, 1.807) is 0 Å². The molecule has 2 rings (SSSR count). The predicted molar refractivity (Wildman–Crippen MR) is 163 cm³/mol. The van der Waals surface area contributed by atoms with Gasteiger partial charge in [-0.05, 0) is 35.8 Å². The van der Waals surface area contributed by atoms with Crippen molar-refractivity contribution in [3.63, 3.8) is 0 Å². The number of halogens is 6. The second-order valence-corrected chi connectivity index (χ2v) is 13.1. The lowest BCUT2D eigenvalue weighted by Gasteiger charge is -2.23. The molecule has 0 radical (unpaired) electrons. The Balaban J connectivity index is 2.41. The number of benzene rings is 2. The third-order valence-electron chi connectivity index (χ3n) is 6.32. The van der Waals surface area contributed by atoms with Gasteiger partial charge in [-0.2, -0.15) is 0 Å². The van der Waals surface area contributed by atoms with Crippen molar-refractivity contribution >= 4 is 93.5 Å². The average molecular weight is 705 g/mol. The van der Waals surface area contributed by atoms with E-state index in [0.29, 0.717) is 12.8 Å². The van der Waals surface area contributed by atoms with E-state index in [4.69, 9.17) is 88.6 Å². The summed E-state index contributed by atoms with van der Waals surface area (Å²) in [4.78, 5) is 51.6. The van der Waals surface area contributed by atoms with E-state index in [2.05, 4.69) is 0 Å². The monoisotopic (exact) mass is 702 g/mol. The number of carbonyl (C=O) groups excluding carboxylic acids is 4. The molecule has 0 aromatic heterocycles. The van der Waals surface area contributed by atoms with Gasteiger partial charge < -0.3 is 18.9 Å². The Morgan fingerprint density at radius 1 is 0.595 bits per heavy atom. The van der Waals surface area contributed by atoms with E-state index in [9.17, 15) is 19.2 Å². The number of hydrogen-bond donors (Lipinski definition) is 0. The van der Waals surface area contributed by atoms with E-state index in [1.165, 1.54) is 0 Å². The highest BCUT2D eigenvalue weighted by Gasteiger charge is 2.33. The largest absolute Gasteiger partial charge is 0.461 e. The first-order valence-corrected chi connectivity index (χ1v) is 14.8. The summed E-state index contributed by atoms with van der Waals surface area (Å²) >= 11 is 37.0. The summed E-state index contributed by atoms with van der Waals surface area (Å²) in [5.41, 5.74) is -1.74. The lowest BCUT2D eigenvalue weighted by atomic mass is 9.92. The van der Waals surface area contributed by atoms with Gasteiger partial charge in [0.1, 0.15) is 11.1 Å². The van der Waals surface area contributed by atoms with Crippen molar-refractivity contribution in [2.45, 2.75) is 54.4 Å². The minimum absolute atomic E-state index is 0.0115. The maximum absolute atomic E-state index is 13.0. The fourth-order valence-corrected chi connectivity index (χ4v) is 4.30. The SMILES string of the molecule is CCC(C)(C)COC(=O)c1c(Cl)c(Cl)cc(Cl)c1OC(=O)C(=O)Oc1c(Cl)cc(Cl)c(Cl)c1C(=O)OCC(C)(C)CC. The number of ether oxygens (including phenoxy) is 4. The van der Waals surface area contributed by atoms with E-state index in [1.807, 2.05) is 41.5 Å². The number of hydrogen-bond acceptors (Lipinski definition) is 8. The molecule has 0 heterocycles. The molecule has 230 valence electrons. The molecular formula is C28H28Cl6O8. The van der Waals surface area contributed by atoms with Crippen molar-refractivity contribution in [1.82, 2.24) is 0 Å². The van der Waals surface area contributed by atoms with Gasteiger partial charge in [0.15, 0.2) is 11.5 Å². The topological polar surface area (TPSA) is 105 Å². The molecule has 0 bridgehead atoms. The number of carbonyl (C=O) groups is 4. The summed E-state index contributed by atoms with van der Waals surface area (Å²) in [6.45, 7) is 11.3. The van der Waals surface area contributed by atoms with Crippen LogP contribution in [0.25, 0.3) is 0 Å². The van der Waals surface area contributed by atoms with E-state index < -0.39 is 46.5 Å². The fraction of sp³-hybridized carbons (Fsp3) is 0.429. The summed E-state index contributed by atoms with van der Waals surface area (Å²) in [6, 6.07) is 2.21. The second kappa shape index (κ2) is 14.7. The third-order valence-corrected chi connectivity index (χ3v) is 8.46. The molecule has 0 aliphatic rings. The van der Waals surface area contributed by atoms with Crippen LogP contribution in [0.2, 0.25) is 30.1 Å². The molecule has 8 nitrogen and oxygen atoms in total. The molecule has 0 saturated heterocycles. The molecule has 2 aromatic carbocycles. The zero-order valence-corrected chi connectivity index (χ0v) is 28.1. The fourth-order valence-electron chi connectivity index (χ4n) is 2.86. The van der Waals surface area contributed by atoms with E-state index in [-0.39, 0.29) is 54.2 Å². The first-order chi connectivity index (χ1) is 19.4. The van der Waals surface area contributed by atoms with Gasteiger partial charge in [0.2, 0.25) is 0 Å². The molecule has 14 heteroatoms. The normalized spacial score (nSPS) is 11.6. The van der Waals surface area contributed by atoms with Gasteiger partial charge in [0.25, 0.3) is 0 Å². The van der Waals surface area contributed by atoms with Crippen LogP contribution in [0.5, 0.6) is 11.5 Å². The molecule has 0 unspecified atom stereocenters. The quantitative estimate of drug-likeness (QED) is 0.104. The van der Waals surface area contributed by atoms with Crippen LogP contribution in [-0.2, 0) is 19.1 Å². The van der Waals surface area contributed by atoms with Gasteiger partial charge in [-0.25, -0.2) is 19.2 Å². The van der Waals surface area contributed by atoms with Crippen molar-refractivity contribution < 1.29 is 38.1 Å². The summed E-state index contributed by atoms with van der Waals surface area (Å²) in [7, 11) is 0. The standard InChI is InChI=1S/C28H28Cl6O8/c1-7-27(3,4)11-39-23(35)17-19(33)13(29)9-15(31)21(17)41-25(37)26(38)42-22-16(32)10-14(30)20(34)18(22)24(36)40-12-28(5,6)8-2/h9-10H,7-8,11-12H2,1-6H3. The summed E-state index contributed by atoms with van der Waals surface area (Å²) < 4.78 is 20.9. The Labute approximate surface area is 273 Å². The molecule has 0 atom stereocenters. The Morgan fingerprint density at radius 2 is 0.905 bits per heavy atom. The van der Waals surface area contributed by atoms with Gasteiger partial charge >= 0.3 is 23.9 Å². The van der Waals surface area contributed by atoms with Gasteiger partial charge in [0, 0.05) is 0 Å². The third kappa shape index (κ3) is 9.04. The number of rotatable bonds is 10. The highest BCUT2D eigenvalue weighted by molar-refractivity contribution is 6.47. The van der Waals surface area contributed by atoms with Crippen LogP contribution in [0.1, 0.15) is 75.1 Å². The molecule has 0 N–H and O–H groups in total. The first kappa shape index (κ1) is 36.3. The lowest BCUT2D eigenvalue weighted by molar-refractivity contribution is -0.156. The van der Waals surface area contributed by atoms with Crippen molar-refractivity contribution in [3.8, 4) is 11.5 Å². The first-order valence-electron chi connectivity index (χ1n) is 12.5. The maximum Gasteiger partial charge on any atom is 0.423 e. The molecule has 2 aromatic rings. The second-order valence-electron chi connectivity index (χ2n) is 10.7. The molecule has 0 amide bonds. The Morgan fingerprint density at radius 3 is 1.19 bits per heavy atom. The summed E-state index contributed by atoms with van der Waals surface area (Å²) in [6.07, 6.45) is 1.36. The van der Waals surface area contributed by atoms with Crippen LogP contribution in [0.15, 0.2) is 12.1 Å². The van der Waals surface area contributed by atoms with Crippen LogP contribution in [0.4, 0.5) is 0 Å². The number of esters is 4. The average Bonchev–Trinajstić information content (AvgIpc) is 2.92. The van der Waals surface area contributed by atoms with Crippen LogP contribution in [-0.4, -0.2) is 37.1 Å². The molecule has 0 saturated carbocycles. The lowest BCUT2D eigenvalue weighted by Crippen LogP contribution is -2.28. The Kier molecular flexibility index (Phi) is 12.7. The molecule has 0 aliphatic heterocycles. The van der Waals surface area contributed by atoms with Crippen LogP contribution >= 0.6 is 69.6 Å². The van der Waals surface area contributed by atoms with Crippen LogP contribution in [0, 0.1) is 10.8 Å². The van der Waals surface area contributed by atoms with Crippen molar-refractivity contribution in [3.05, 3.63) is 53.4 Å². The molecular weight excluding hydrogens is 677 g/mol. The molecule has 0 fully saturated rings. The smallest absolute Gasteiger partial charge is 0.423 e. The van der Waals surface area contributed by atoms with E-state index in [0.717, 1.165) is 12.1 Å². The highest BCUT2D eigenvalue weighted by atomic mass is 35.5. The Bertz CT molecular complexity index is 1300. The molecule has 42 heavy (non-hydrogen) atoms. The van der Waals surface area contributed by atoms with Crippen LogP contribution in [0.3, 0.4) is 0 Å². The zero-order valence-electron chi connectivity index (χ0n) is 23.5. The van der Waals surface area contributed by atoms with Gasteiger partial charge in [-0.3, -0.25) is 0 Å². The van der Waals surface area contributed by atoms with Crippen LogP contribution < -0.4 is 9.47 Å². The minimum Gasteiger partial charge on any atom is -0.461 e. The van der Waals surface area contributed by atoms with Gasteiger partial charge in [-0.1, -0.05) is 111 Å². The van der Waals surface area contributed by atoms with Gasteiger partial charge in [0.05, 0.1) is 43.3 Å². The predicted octanol–water partition coefficient (Wildman–Crippen LogP) is 9.30. The summed E-state index contributed by atoms with van der Waals surface area (Å²) in [5, 5.41) is -1.59. The van der Waals surface area contributed by atoms with Crippen molar-refractivity contribution in [1.29, 1.82) is 0 Å². The Hall–Kier alpha value is -1.94. The highest BCUT2D eigenvalue weighted by Crippen LogP contribution is 2.42. The van der Waals surface area contributed by atoms with Gasteiger partial charge in [-0.15, -0.1) is 0 Å².